The number of carboxylic acids is 1. The Balaban J connectivity index is 3.02. The van der Waals surface area contributed by atoms with Crippen LogP contribution in [0.1, 0.15) is 11.4 Å². The topological polar surface area (TPSA) is 83.3 Å². The third-order valence-electron chi connectivity index (χ3n) is 1.42. The van der Waals surface area contributed by atoms with Crippen LogP contribution < -0.4 is 0 Å². The number of hydrogen-bond acceptors (Lipinski definition) is 4. The second-order valence-electron chi connectivity index (χ2n) is 2.41. The minimum atomic E-state index is -1.40. The van der Waals surface area contributed by atoms with Gasteiger partial charge in [0.1, 0.15) is 6.33 Å². The molecular formula is C9H8N2O3. The molecule has 2 N–H and O–H groups in total. The maximum atomic E-state index is 10.3. The van der Waals surface area contributed by atoms with Crippen LogP contribution in [0.2, 0.25) is 0 Å². The zero-order chi connectivity index (χ0) is 10.6. The number of carbonyl (C=O) groups is 1. The molecular weight excluding hydrogens is 184 g/mol. The summed E-state index contributed by atoms with van der Waals surface area (Å²) < 4.78 is 0. The fourth-order valence-corrected chi connectivity index (χ4v) is 0.781. The number of rotatable bonds is 3. The van der Waals surface area contributed by atoms with Gasteiger partial charge in [0.2, 0.25) is 5.76 Å². The number of hydrogen-bond donors (Lipinski definition) is 2. The van der Waals surface area contributed by atoms with Gasteiger partial charge in [0.05, 0.1) is 11.4 Å². The van der Waals surface area contributed by atoms with Gasteiger partial charge in [-0.1, -0.05) is 6.58 Å². The first-order valence-corrected chi connectivity index (χ1v) is 3.72. The molecule has 0 aliphatic heterocycles. The molecule has 0 bridgehead atoms. The lowest BCUT2D eigenvalue weighted by atomic mass is 10.3. The highest BCUT2D eigenvalue weighted by Gasteiger charge is 2.04. The molecule has 1 heterocycles. The van der Waals surface area contributed by atoms with Crippen LogP contribution in [0.5, 0.6) is 0 Å². The fraction of sp³-hybridized carbons (Fsp3) is 0. The third kappa shape index (κ3) is 2.41. The number of nitrogens with zero attached hydrogens (tertiary/aromatic N) is 2. The molecule has 0 unspecified atom stereocenters. The lowest BCUT2D eigenvalue weighted by molar-refractivity contribution is -0.135. The summed E-state index contributed by atoms with van der Waals surface area (Å²) >= 11 is 0. The minimum absolute atomic E-state index is 0.315. The van der Waals surface area contributed by atoms with Crippen molar-refractivity contribution in [2.45, 2.75) is 0 Å². The monoisotopic (exact) mass is 192 g/mol. The van der Waals surface area contributed by atoms with E-state index in [1.807, 2.05) is 0 Å². The Hall–Kier alpha value is -2.17. The number of aliphatic hydroxyl groups is 1. The molecule has 0 aromatic carbocycles. The lowest BCUT2D eigenvalue weighted by Gasteiger charge is -1.95. The van der Waals surface area contributed by atoms with Gasteiger partial charge in [-0.2, -0.15) is 0 Å². The summed E-state index contributed by atoms with van der Waals surface area (Å²) in [4.78, 5) is 17.8. The van der Waals surface area contributed by atoms with Gasteiger partial charge in [0, 0.05) is 6.08 Å². The number of aliphatic carboxylic acids is 1. The van der Waals surface area contributed by atoms with Crippen LogP contribution in [0.15, 0.2) is 24.7 Å². The Morgan fingerprint density at radius 3 is 2.57 bits per heavy atom. The van der Waals surface area contributed by atoms with Crippen molar-refractivity contribution in [1.29, 1.82) is 0 Å². The Labute approximate surface area is 80.1 Å². The summed E-state index contributed by atoms with van der Waals surface area (Å²) in [5.41, 5.74) is 0.874. The molecule has 72 valence electrons. The standard InChI is InChI=1S/C9H8N2O3/c1-2-6-3-7(11-5-10-6)4-8(12)9(13)14/h2-5,12H,1H2,(H,13,14)/b8-4-. The number of aromatic nitrogens is 2. The molecule has 0 aliphatic rings. The van der Waals surface area contributed by atoms with E-state index in [1.165, 1.54) is 18.5 Å². The summed E-state index contributed by atoms with van der Waals surface area (Å²) in [6.07, 6.45) is 3.80. The molecule has 0 radical (unpaired) electrons. The predicted molar refractivity (Wildman–Crippen MR) is 50.4 cm³/mol. The summed E-state index contributed by atoms with van der Waals surface area (Å²) in [5, 5.41) is 17.3. The maximum absolute atomic E-state index is 10.3. The van der Waals surface area contributed by atoms with E-state index >= 15 is 0 Å². The summed E-state index contributed by atoms with van der Waals surface area (Å²) in [7, 11) is 0. The molecule has 14 heavy (non-hydrogen) atoms. The Morgan fingerprint density at radius 1 is 1.36 bits per heavy atom. The van der Waals surface area contributed by atoms with E-state index in [1.54, 1.807) is 0 Å². The van der Waals surface area contributed by atoms with Crippen LogP contribution in [-0.4, -0.2) is 26.2 Å². The van der Waals surface area contributed by atoms with Gasteiger partial charge in [0.25, 0.3) is 0 Å². The van der Waals surface area contributed by atoms with Gasteiger partial charge in [-0.3, -0.25) is 0 Å². The SMILES string of the molecule is C=Cc1cc(/C=C(\O)C(=O)O)ncn1. The smallest absolute Gasteiger partial charge is 0.371 e. The highest BCUT2D eigenvalue weighted by molar-refractivity contribution is 5.88. The van der Waals surface area contributed by atoms with E-state index < -0.39 is 11.7 Å². The highest BCUT2D eigenvalue weighted by atomic mass is 16.4. The van der Waals surface area contributed by atoms with Crippen molar-refractivity contribution < 1.29 is 15.0 Å². The van der Waals surface area contributed by atoms with Gasteiger partial charge in [-0.15, -0.1) is 0 Å². The summed E-state index contributed by atoms with van der Waals surface area (Å²) in [6, 6.07) is 1.51. The molecule has 0 amide bonds. The molecule has 0 saturated heterocycles. The first-order valence-electron chi connectivity index (χ1n) is 3.72. The van der Waals surface area contributed by atoms with Gasteiger partial charge in [0.15, 0.2) is 0 Å². The van der Waals surface area contributed by atoms with Crippen molar-refractivity contribution in [1.82, 2.24) is 9.97 Å². The molecule has 5 heteroatoms. The lowest BCUT2D eigenvalue weighted by Crippen LogP contribution is -1.99. The average Bonchev–Trinajstić information content (AvgIpc) is 2.18. The Bertz CT molecular complexity index is 399. The van der Waals surface area contributed by atoms with E-state index in [0.717, 1.165) is 6.08 Å². The van der Waals surface area contributed by atoms with Gasteiger partial charge in [-0.25, -0.2) is 14.8 Å². The largest absolute Gasteiger partial charge is 0.502 e. The van der Waals surface area contributed by atoms with Crippen LogP contribution in [0, 0.1) is 0 Å². The van der Waals surface area contributed by atoms with E-state index in [-0.39, 0.29) is 0 Å². The molecule has 5 nitrogen and oxygen atoms in total. The first-order chi connectivity index (χ1) is 6.63. The Morgan fingerprint density at radius 2 is 2.00 bits per heavy atom. The first kappa shape index (κ1) is 9.91. The van der Waals surface area contributed by atoms with Gasteiger partial charge >= 0.3 is 5.97 Å². The Kier molecular flexibility index (Phi) is 2.96. The van der Waals surface area contributed by atoms with E-state index in [9.17, 15) is 4.79 Å². The summed E-state index contributed by atoms with van der Waals surface area (Å²) in [5.74, 6) is -2.16. The quantitative estimate of drug-likeness (QED) is 0.553. The molecule has 1 rings (SSSR count). The van der Waals surface area contributed by atoms with E-state index in [4.69, 9.17) is 10.2 Å². The highest BCUT2D eigenvalue weighted by Crippen LogP contribution is 2.04. The zero-order valence-electron chi connectivity index (χ0n) is 7.21. The van der Waals surface area contributed by atoms with Crippen molar-refractivity contribution in [2.75, 3.05) is 0 Å². The van der Waals surface area contributed by atoms with Crippen LogP contribution >= 0.6 is 0 Å². The molecule has 0 spiro atoms. The van der Waals surface area contributed by atoms with Crippen LogP contribution in [0.3, 0.4) is 0 Å². The molecule has 1 aromatic rings. The number of carboxylic acid groups (broad SMARTS) is 1. The third-order valence-corrected chi connectivity index (χ3v) is 1.42. The van der Waals surface area contributed by atoms with E-state index in [0.29, 0.717) is 11.4 Å². The van der Waals surface area contributed by atoms with Crippen LogP contribution in [0.4, 0.5) is 0 Å². The fourth-order valence-electron chi connectivity index (χ4n) is 0.781. The summed E-state index contributed by atoms with van der Waals surface area (Å²) in [6.45, 7) is 3.50. The van der Waals surface area contributed by atoms with Gasteiger partial charge in [-0.05, 0) is 12.1 Å². The van der Waals surface area contributed by atoms with Crippen molar-refractivity contribution in [2.24, 2.45) is 0 Å². The normalized spacial score (nSPS) is 11.0. The minimum Gasteiger partial charge on any atom is -0.502 e. The zero-order valence-corrected chi connectivity index (χ0v) is 7.21. The predicted octanol–water partition coefficient (Wildman–Crippen LogP) is 1.10. The molecule has 1 aromatic heterocycles. The van der Waals surface area contributed by atoms with Crippen molar-refractivity contribution in [3.05, 3.63) is 36.1 Å². The van der Waals surface area contributed by atoms with Crippen molar-refractivity contribution in [3.63, 3.8) is 0 Å². The van der Waals surface area contributed by atoms with Gasteiger partial charge < -0.3 is 10.2 Å². The van der Waals surface area contributed by atoms with Crippen molar-refractivity contribution >= 4 is 18.1 Å². The molecule has 0 atom stereocenters. The molecule has 0 fully saturated rings. The molecule has 0 saturated carbocycles. The average molecular weight is 192 g/mol. The second-order valence-corrected chi connectivity index (χ2v) is 2.41. The maximum Gasteiger partial charge on any atom is 0.371 e. The number of aliphatic hydroxyl groups excluding tert-OH is 1. The van der Waals surface area contributed by atoms with Crippen LogP contribution in [-0.2, 0) is 4.79 Å². The molecule has 0 aliphatic carbocycles. The second kappa shape index (κ2) is 4.18. The van der Waals surface area contributed by atoms with E-state index in [2.05, 4.69) is 16.5 Å². The van der Waals surface area contributed by atoms with Crippen LogP contribution in [0.25, 0.3) is 12.2 Å². The van der Waals surface area contributed by atoms with Crippen molar-refractivity contribution in [3.8, 4) is 0 Å².